The molecule has 3 N–H and O–H groups in total. The van der Waals surface area contributed by atoms with Crippen molar-refractivity contribution in [3.63, 3.8) is 0 Å². The zero-order valence-electron chi connectivity index (χ0n) is 9.21. The molecule has 1 unspecified atom stereocenters. The summed E-state index contributed by atoms with van der Waals surface area (Å²) in [5.74, 6) is -0.282. The maximum atomic E-state index is 11.2. The standard InChI is InChI=1S/C11H12ClN3O2/c1-6(13-10(16)5-12)7-2-3-8-9(4-7)15-11(17)14-8/h2-4,6H,5H2,1H3,(H,13,16)(H2,14,15,17). The molecular formula is C11H12ClN3O2. The lowest BCUT2D eigenvalue weighted by Gasteiger charge is -2.13. The van der Waals surface area contributed by atoms with Crippen molar-refractivity contribution >= 4 is 28.5 Å². The Balaban J connectivity index is 2.29. The van der Waals surface area contributed by atoms with Gasteiger partial charge in [-0.2, -0.15) is 0 Å². The number of carbonyl (C=O) groups excluding carboxylic acids is 1. The summed E-state index contributed by atoms with van der Waals surface area (Å²) in [6, 6.07) is 5.33. The van der Waals surface area contributed by atoms with E-state index in [0.29, 0.717) is 0 Å². The van der Waals surface area contributed by atoms with E-state index in [1.54, 1.807) is 6.07 Å². The fourth-order valence-electron chi connectivity index (χ4n) is 1.68. The fourth-order valence-corrected chi connectivity index (χ4v) is 1.76. The molecule has 0 aliphatic carbocycles. The van der Waals surface area contributed by atoms with Gasteiger partial charge in [-0.3, -0.25) is 4.79 Å². The normalized spacial score (nSPS) is 12.6. The Morgan fingerprint density at radius 2 is 2.12 bits per heavy atom. The van der Waals surface area contributed by atoms with Crippen LogP contribution in [0, 0.1) is 0 Å². The van der Waals surface area contributed by atoms with Gasteiger partial charge in [0.15, 0.2) is 0 Å². The summed E-state index contributed by atoms with van der Waals surface area (Å²) >= 11 is 5.42. The van der Waals surface area contributed by atoms with Gasteiger partial charge in [-0.25, -0.2) is 4.79 Å². The Bertz CT molecular complexity index is 602. The number of imidazole rings is 1. The van der Waals surface area contributed by atoms with E-state index >= 15 is 0 Å². The highest BCUT2D eigenvalue weighted by Crippen LogP contribution is 2.16. The Hall–Kier alpha value is -1.75. The number of benzene rings is 1. The summed E-state index contributed by atoms with van der Waals surface area (Å²) in [6.45, 7) is 1.86. The Morgan fingerprint density at radius 3 is 2.82 bits per heavy atom. The molecule has 2 aromatic rings. The van der Waals surface area contributed by atoms with E-state index in [1.165, 1.54) is 0 Å². The topological polar surface area (TPSA) is 77.8 Å². The van der Waals surface area contributed by atoms with Gasteiger partial charge in [0.05, 0.1) is 17.1 Å². The van der Waals surface area contributed by atoms with Crippen LogP contribution in [0.4, 0.5) is 0 Å². The van der Waals surface area contributed by atoms with Gasteiger partial charge in [0.1, 0.15) is 5.88 Å². The van der Waals surface area contributed by atoms with Crippen LogP contribution in [0.15, 0.2) is 23.0 Å². The monoisotopic (exact) mass is 253 g/mol. The van der Waals surface area contributed by atoms with Crippen LogP contribution in [0.5, 0.6) is 0 Å². The third kappa shape index (κ3) is 2.50. The van der Waals surface area contributed by atoms with Crippen LogP contribution in [-0.4, -0.2) is 21.8 Å². The second kappa shape index (κ2) is 4.63. The van der Waals surface area contributed by atoms with Crippen LogP contribution in [0.1, 0.15) is 18.5 Å². The number of fused-ring (bicyclic) bond motifs is 1. The average Bonchev–Trinajstić information content (AvgIpc) is 2.67. The molecule has 1 heterocycles. The van der Waals surface area contributed by atoms with Crippen molar-refractivity contribution in [2.24, 2.45) is 0 Å². The first-order chi connectivity index (χ1) is 8.10. The molecular weight excluding hydrogens is 242 g/mol. The van der Waals surface area contributed by atoms with Gasteiger partial charge in [-0.15, -0.1) is 11.6 Å². The molecule has 0 aliphatic heterocycles. The second-order valence-corrected chi connectivity index (χ2v) is 4.07. The first-order valence-corrected chi connectivity index (χ1v) is 5.71. The minimum atomic E-state index is -0.241. The molecule has 1 aromatic carbocycles. The third-order valence-electron chi connectivity index (χ3n) is 2.54. The Kier molecular flexibility index (Phi) is 3.19. The van der Waals surface area contributed by atoms with Crippen molar-refractivity contribution in [2.45, 2.75) is 13.0 Å². The number of halogens is 1. The van der Waals surface area contributed by atoms with E-state index in [2.05, 4.69) is 15.3 Å². The number of carbonyl (C=O) groups is 1. The number of aromatic nitrogens is 2. The van der Waals surface area contributed by atoms with Crippen LogP contribution in [0.2, 0.25) is 0 Å². The molecule has 0 bridgehead atoms. The first kappa shape index (κ1) is 11.7. The SMILES string of the molecule is CC(NC(=O)CCl)c1ccc2[nH]c(=O)[nH]c2c1. The van der Waals surface area contributed by atoms with Crippen LogP contribution in [0.3, 0.4) is 0 Å². The lowest BCUT2D eigenvalue weighted by molar-refractivity contribution is -0.119. The smallest absolute Gasteiger partial charge is 0.323 e. The molecule has 0 radical (unpaired) electrons. The number of rotatable bonds is 3. The van der Waals surface area contributed by atoms with E-state index in [1.807, 2.05) is 19.1 Å². The summed E-state index contributed by atoms with van der Waals surface area (Å²) in [7, 11) is 0. The van der Waals surface area contributed by atoms with Crippen molar-refractivity contribution in [2.75, 3.05) is 5.88 Å². The predicted octanol–water partition coefficient (Wildman–Crippen LogP) is 1.27. The van der Waals surface area contributed by atoms with Gasteiger partial charge >= 0.3 is 5.69 Å². The lowest BCUT2D eigenvalue weighted by Crippen LogP contribution is -2.27. The summed E-state index contributed by atoms with van der Waals surface area (Å²) in [4.78, 5) is 27.6. The van der Waals surface area contributed by atoms with Crippen LogP contribution < -0.4 is 11.0 Å². The minimum absolute atomic E-state index is 0.0619. The van der Waals surface area contributed by atoms with Gasteiger partial charge < -0.3 is 15.3 Å². The van der Waals surface area contributed by atoms with Crippen molar-refractivity contribution in [3.05, 3.63) is 34.2 Å². The van der Waals surface area contributed by atoms with E-state index in [0.717, 1.165) is 16.6 Å². The van der Waals surface area contributed by atoms with Crippen molar-refractivity contribution in [1.29, 1.82) is 0 Å². The molecule has 90 valence electrons. The maximum Gasteiger partial charge on any atom is 0.323 e. The minimum Gasteiger partial charge on any atom is -0.349 e. The number of H-pyrrole nitrogens is 2. The molecule has 0 aliphatic rings. The van der Waals surface area contributed by atoms with E-state index in [9.17, 15) is 9.59 Å². The average molecular weight is 254 g/mol. The van der Waals surface area contributed by atoms with Gasteiger partial charge in [0, 0.05) is 0 Å². The largest absolute Gasteiger partial charge is 0.349 e. The summed E-state index contributed by atoms with van der Waals surface area (Å²) in [5.41, 5.74) is 2.13. The predicted molar refractivity (Wildman–Crippen MR) is 66.2 cm³/mol. The van der Waals surface area contributed by atoms with Crippen LogP contribution in [-0.2, 0) is 4.79 Å². The second-order valence-electron chi connectivity index (χ2n) is 3.81. The van der Waals surface area contributed by atoms with Crippen molar-refractivity contribution < 1.29 is 4.79 Å². The molecule has 1 amide bonds. The van der Waals surface area contributed by atoms with Crippen molar-refractivity contribution in [1.82, 2.24) is 15.3 Å². The molecule has 1 aromatic heterocycles. The van der Waals surface area contributed by atoms with E-state index in [-0.39, 0.29) is 23.5 Å². The Morgan fingerprint density at radius 1 is 1.41 bits per heavy atom. The molecule has 5 nitrogen and oxygen atoms in total. The molecule has 0 saturated carbocycles. The van der Waals surface area contributed by atoms with Gasteiger partial charge in [0.25, 0.3) is 0 Å². The highest BCUT2D eigenvalue weighted by molar-refractivity contribution is 6.27. The molecule has 0 spiro atoms. The van der Waals surface area contributed by atoms with Gasteiger partial charge in [-0.05, 0) is 24.6 Å². The van der Waals surface area contributed by atoms with Gasteiger partial charge in [-0.1, -0.05) is 6.07 Å². The zero-order chi connectivity index (χ0) is 12.4. The molecule has 1 atom stereocenters. The fraction of sp³-hybridized carbons (Fsp3) is 0.273. The first-order valence-electron chi connectivity index (χ1n) is 5.17. The molecule has 17 heavy (non-hydrogen) atoms. The number of amides is 1. The highest BCUT2D eigenvalue weighted by Gasteiger charge is 2.09. The quantitative estimate of drug-likeness (QED) is 0.721. The van der Waals surface area contributed by atoms with Crippen LogP contribution >= 0.6 is 11.6 Å². The number of aromatic amines is 2. The van der Waals surface area contributed by atoms with Crippen molar-refractivity contribution in [3.8, 4) is 0 Å². The molecule has 2 rings (SSSR count). The maximum absolute atomic E-state index is 11.2. The summed E-state index contributed by atoms with van der Waals surface area (Å²) in [6.07, 6.45) is 0. The third-order valence-corrected chi connectivity index (χ3v) is 2.78. The number of hydrogen-bond acceptors (Lipinski definition) is 2. The summed E-state index contributed by atoms with van der Waals surface area (Å²) < 4.78 is 0. The zero-order valence-corrected chi connectivity index (χ0v) is 9.97. The Labute approximate surface area is 102 Å². The number of alkyl halides is 1. The number of nitrogens with one attached hydrogen (secondary N) is 3. The molecule has 0 fully saturated rings. The van der Waals surface area contributed by atoms with Crippen LogP contribution in [0.25, 0.3) is 11.0 Å². The highest BCUT2D eigenvalue weighted by atomic mass is 35.5. The molecule has 6 heteroatoms. The van der Waals surface area contributed by atoms with E-state index < -0.39 is 0 Å². The summed E-state index contributed by atoms with van der Waals surface area (Å²) in [5, 5.41) is 2.74. The number of hydrogen-bond donors (Lipinski definition) is 3. The molecule has 0 saturated heterocycles. The van der Waals surface area contributed by atoms with E-state index in [4.69, 9.17) is 11.6 Å². The lowest BCUT2D eigenvalue weighted by atomic mass is 10.1. The van der Waals surface area contributed by atoms with Gasteiger partial charge in [0.2, 0.25) is 5.91 Å².